The summed E-state index contributed by atoms with van der Waals surface area (Å²) in [6.07, 6.45) is 1.97. The minimum absolute atomic E-state index is 0.0394. The number of ketones is 1. The summed E-state index contributed by atoms with van der Waals surface area (Å²) in [6.45, 7) is 2.07. The van der Waals surface area contributed by atoms with Gasteiger partial charge in [-0.15, -0.1) is 0 Å². The van der Waals surface area contributed by atoms with Crippen LogP contribution >= 0.6 is 0 Å². The Hall–Kier alpha value is -3.46. The number of rotatable bonds is 2. The summed E-state index contributed by atoms with van der Waals surface area (Å²) >= 11 is 0. The first-order valence-corrected chi connectivity index (χ1v) is 8.69. The first-order valence-electron chi connectivity index (χ1n) is 8.69. The van der Waals surface area contributed by atoms with Gasteiger partial charge in [0.1, 0.15) is 5.69 Å². The van der Waals surface area contributed by atoms with Crippen molar-refractivity contribution in [2.75, 3.05) is 0 Å². The van der Waals surface area contributed by atoms with E-state index in [4.69, 9.17) is 0 Å². The molecule has 5 rings (SSSR count). The maximum absolute atomic E-state index is 13.5. The van der Waals surface area contributed by atoms with Crippen molar-refractivity contribution in [2.24, 2.45) is 0 Å². The van der Waals surface area contributed by atoms with Crippen LogP contribution in [-0.2, 0) is 0 Å². The number of nitrogens with zero attached hydrogens (tertiary/aromatic N) is 1. The average molecular weight is 337 g/mol. The van der Waals surface area contributed by atoms with Crippen molar-refractivity contribution >= 4 is 33.0 Å². The van der Waals surface area contributed by atoms with Gasteiger partial charge in [-0.25, -0.2) is 4.98 Å². The fraction of sp³-hybridized carbons (Fsp3) is 0.0435. The van der Waals surface area contributed by atoms with E-state index in [0.717, 1.165) is 38.6 Å². The number of nitrogens with one attached hydrogen (secondary N) is 1. The molecule has 0 spiro atoms. The van der Waals surface area contributed by atoms with Crippen molar-refractivity contribution in [3.05, 3.63) is 95.9 Å². The number of carbonyl (C=O) groups is 1. The molecule has 0 aliphatic heterocycles. The third-order valence-corrected chi connectivity index (χ3v) is 4.99. The van der Waals surface area contributed by atoms with Crippen LogP contribution in [0, 0.1) is 6.92 Å². The summed E-state index contributed by atoms with van der Waals surface area (Å²) in [5.74, 6) is 0.0394. The Labute approximate surface area is 150 Å². The van der Waals surface area contributed by atoms with Crippen LogP contribution in [0.1, 0.15) is 21.7 Å². The zero-order chi connectivity index (χ0) is 17.7. The van der Waals surface area contributed by atoms with Crippen LogP contribution < -0.4 is 4.98 Å². The van der Waals surface area contributed by atoms with Crippen molar-refractivity contribution in [3.63, 3.8) is 0 Å². The first-order chi connectivity index (χ1) is 12.8. The maximum Gasteiger partial charge on any atom is 0.211 e. The fourth-order valence-electron chi connectivity index (χ4n) is 3.87. The lowest BCUT2D eigenvalue weighted by Gasteiger charge is -2.04. The Morgan fingerprint density at radius 3 is 2.42 bits per heavy atom. The number of aromatic nitrogens is 2. The van der Waals surface area contributed by atoms with Crippen molar-refractivity contribution in [1.82, 2.24) is 4.40 Å². The molecule has 3 heteroatoms. The molecule has 0 amide bonds. The number of hydrogen-bond donors (Lipinski definition) is 0. The Balaban J connectivity index is 2.02. The molecule has 0 radical (unpaired) electrons. The summed E-state index contributed by atoms with van der Waals surface area (Å²) in [7, 11) is 0. The molecule has 0 unspecified atom stereocenters. The van der Waals surface area contributed by atoms with Gasteiger partial charge in [0.15, 0.2) is 5.69 Å². The molecule has 0 atom stereocenters. The Morgan fingerprint density at radius 1 is 0.846 bits per heavy atom. The van der Waals surface area contributed by atoms with Gasteiger partial charge >= 0.3 is 0 Å². The quantitative estimate of drug-likeness (QED) is 0.434. The van der Waals surface area contributed by atoms with Gasteiger partial charge in [0.05, 0.1) is 16.3 Å². The smallest absolute Gasteiger partial charge is 0.211 e. The predicted molar refractivity (Wildman–Crippen MR) is 104 cm³/mol. The highest BCUT2D eigenvalue weighted by molar-refractivity contribution is 6.25. The Bertz CT molecular complexity index is 1300. The summed E-state index contributed by atoms with van der Waals surface area (Å²) in [4.78, 5) is 17.0. The minimum Gasteiger partial charge on any atom is -0.312 e. The molecule has 2 aromatic carbocycles. The number of pyridine rings is 2. The molecule has 0 aliphatic rings. The summed E-state index contributed by atoms with van der Waals surface area (Å²) in [6, 6.07) is 23.7. The number of aromatic amines is 1. The molecule has 26 heavy (non-hydrogen) atoms. The largest absolute Gasteiger partial charge is 0.312 e. The average Bonchev–Trinajstić information content (AvgIpc) is 3.04. The molecular weight excluding hydrogens is 320 g/mol. The Morgan fingerprint density at radius 2 is 1.58 bits per heavy atom. The van der Waals surface area contributed by atoms with Gasteiger partial charge < -0.3 is 4.40 Å². The van der Waals surface area contributed by atoms with E-state index in [9.17, 15) is 4.79 Å². The number of para-hydroxylation sites is 1. The molecule has 0 bridgehead atoms. The molecule has 5 aromatic rings. The van der Waals surface area contributed by atoms with Gasteiger partial charge in [0.25, 0.3) is 0 Å². The molecule has 124 valence electrons. The number of aryl methyl sites for hydroxylation is 1. The van der Waals surface area contributed by atoms with Gasteiger partial charge in [-0.3, -0.25) is 4.79 Å². The van der Waals surface area contributed by atoms with E-state index in [0.29, 0.717) is 5.56 Å². The van der Waals surface area contributed by atoms with Gasteiger partial charge in [-0.05, 0) is 18.2 Å². The molecule has 1 N–H and O–H groups in total. The SMILES string of the molecule is Cc1[nH+]c2ccccc2c2c(C(=O)c3ccccc3)n3ccccc3c12. The molecule has 0 saturated carbocycles. The zero-order valence-corrected chi connectivity index (χ0v) is 14.4. The highest BCUT2D eigenvalue weighted by Crippen LogP contribution is 2.34. The minimum atomic E-state index is 0.0394. The highest BCUT2D eigenvalue weighted by atomic mass is 16.1. The van der Waals surface area contributed by atoms with E-state index in [2.05, 4.69) is 30.1 Å². The van der Waals surface area contributed by atoms with Crippen LogP contribution in [0.4, 0.5) is 0 Å². The number of fused-ring (bicyclic) bond motifs is 5. The topological polar surface area (TPSA) is 35.6 Å². The van der Waals surface area contributed by atoms with Crippen molar-refractivity contribution in [2.45, 2.75) is 6.92 Å². The van der Waals surface area contributed by atoms with Crippen LogP contribution in [-0.4, -0.2) is 10.2 Å². The third kappa shape index (κ3) is 2.01. The van der Waals surface area contributed by atoms with Gasteiger partial charge in [0.2, 0.25) is 11.3 Å². The van der Waals surface area contributed by atoms with Crippen LogP contribution in [0.2, 0.25) is 0 Å². The van der Waals surface area contributed by atoms with Crippen molar-refractivity contribution < 1.29 is 9.78 Å². The van der Waals surface area contributed by atoms with E-state index < -0.39 is 0 Å². The van der Waals surface area contributed by atoms with Crippen molar-refractivity contribution in [1.29, 1.82) is 0 Å². The van der Waals surface area contributed by atoms with E-state index in [-0.39, 0.29) is 5.78 Å². The molecule has 3 heterocycles. The number of carbonyl (C=O) groups excluding carboxylic acids is 1. The number of hydrogen-bond acceptors (Lipinski definition) is 1. The fourth-order valence-corrected chi connectivity index (χ4v) is 3.87. The highest BCUT2D eigenvalue weighted by Gasteiger charge is 2.25. The molecule has 3 nitrogen and oxygen atoms in total. The monoisotopic (exact) mass is 337 g/mol. The normalized spacial score (nSPS) is 11.4. The van der Waals surface area contributed by atoms with E-state index in [1.54, 1.807) is 0 Å². The molecule has 0 saturated heterocycles. The van der Waals surface area contributed by atoms with Crippen LogP contribution in [0.25, 0.3) is 27.2 Å². The second kappa shape index (κ2) is 5.53. The van der Waals surface area contributed by atoms with E-state index >= 15 is 0 Å². The van der Waals surface area contributed by atoms with Crippen molar-refractivity contribution in [3.8, 4) is 0 Å². The van der Waals surface area contributed by atoms with E-state index in [1.165, 1.54) is 0 Å². The van der Waals surface area contributed by atoms with Crippen LogP contribution in [0.3, 0.4) is 0 Å². The summed E-state index contributed by atoms with van der Waals surface area (Å²) < 4.78 is 2.02. The van der Waals surface area contributed by atoms with E-state index in [1.807, 2.05) is 65.2 Å². The lowest BCUT2D eigenvalue weighted by molar-refractivity contribution is -0.352. The van der Waals surface area contributed by atoms with Gasteiger partial charge in [-0.2, -0.15) is 0 Å². The first kappa shape index (κ1) is 14.8. The van der Waals surface area contributed by atoms with Crippen LogP contribution in [0.5, 0.6) is 0 Å². The predicted octanol–water partition coefficient (Wildman–Crippen LogP) is 4.60. The summed E-state index contributed by atoms with van der Waals surface area (Å²) in [5.41, 5.74) is 4.56. The lowest BCUT2D eigenvalue weighted by atomic mass is 10.0. The standard InChI is InChI=1S/C23H16N2O/c1-15-20-19-13-7-8-14-25(19)22(23(26)16-9-3-2-4-10-16)21(20)17-11-5-6-12-18(17)24-15/h2-14H,1H3/p+1. The zero-order valence-electron chi connectivity index (χ0n) is 14.4. The lowest BCUT2D eigenvalue weighted by Crippen LogP contribution is -2.10. The molecule has 3 aromatic heterocycles. The number of H-pyrrole nitrogens is 1. The van der Waals surface area contributed by atoms with Gasteiger partial charge in [-0.1, -0.05) is 48.5 Å². The second-order valence-corrected chi connectivity index (χ2v) is 6.55. The molecule has 0 aliphatic carbocycles. The Kier molecular flexibility index (Phi) is 3.16. The summed E-state index contributed by atoms with van der Waals surface area (Å²) in [5, 5.41) is 3.18. The molecule has 0 fully saturated rings. The second-order valence-electron chi connectivity index (χ2n) is 6.55. The van der Waals surface area contributed by atoms with Crippen LogP contribution in [0.15, 0.2) is 79.0 Å². The third-order valence-electron chi connectivity index (χ3n) is 4.99. The maximum atomic E-state index is 13.5. The van der Waals surface area contributed by atoms with Gasteiger partial charge in [0, 0.05) is 30.1 Å². The number of benzene rings is 2. The molecular formula is C23H17N2O+.